The van der Waals surface area contributed by atoms with Crippen molar-refractivity contribution in [1.29, 1.82) is 0 Å². The number of rotatable bonds is 7. The molecule has 4 heteroatoms. The maximum atomic E-state index is 5.07. The Hall–Kier alpha value is -1.03. The Morgan fingerprint density at radius 1 is 1.33 bits per heavy atom. The molecule has 1 saturated carbocycles. The average Bonchev–Trinajstić information content (AvgIpc) is 2.83. The highest BCUT2D eigenvalue weighted by atomic mass is 16.5. The van der Waals surface area contributed by atoms with E-state index in [9.17, 15) is 0 Å². The topological polar surface area (TPSA) is 39.1 Å². The van der Waals surface area contributed by atoms with E-state index in [1.54, 1.807) is 7.11 Å². The summed E-state index contributed by atoms with van der Waals surface area (Å²) in [6.07, 6.45) is 12.9. The predicted molar refractivity (Wildman–Crippen MR) is 73.8 cm³/mol. The SMILES string of the molecule is COCCCCn1ccnc1NC1CCCCC1. The molecule has 0 bridgehead atoms. The van der Waals surface area contributed by atoms with Crippen LogP contribution in [0, 0.1) is 0 Å². The molecule has 0 unspecified atom stereocenters. The summed E-state index contributed by atoms with van der Waals surface area (Å²) in [5.41, 5.74) is 0. The van der Waals surface area contributed by atoms with Crippen LogP contribution in [-0.2, 0) is 11.3 Å². The average molecular weight is 251 g/mol. The van der Waals surface area contributed by atoms with E-state index in [0.29, 0.717) is 6.04 Å². The van der Waals surface area contributed by atoms with Crippen molar-refractivity contribution in [2.45, 2.75) is 57.5 Å². The largest absolute Gasteiger partial charge is 0.385 e. The van der Waals surface area contributed by atoms with Crippen molar-refractivity contribution >= 4 is 5.95 Å². The van der Waals surface area contributed by atoms with Crippen molar-refractivity contribution in [2.75, 3.05) is 19.0 Å². The standard InChI is InChI=1S/C14H25N3O/c1-18-12-6-5-10-17-11-9-15-14(17)16-13-7-3-2-4-8-13/h9,11,13H,2-8,10,12H2,1H3,(H,15,16). The minimum atomic E-state index is 0.624. The van der Waals surface area contributed by atoms with E-state index in [0.717, 1.165) is 31.9 Å². The minimum Gasteiger partial charge on any atom is -0.385 e. The quantitative estimate of drug-likeness (QED) is 0.757. The van der Waals surface area contributed by atoms with E-state index in [1.165, 1.54) is 32.1 Å². The van der Waals surface area contributed by atoms with Crippen LogP contribution >= 0.6 is 0 Å². The number of unbranched alkanes of at least 4 members (excludes halogenated alkanes) is 1. The molecule has 102 valence electrons. The molecular weight excluding hydrogens is 226 g/mol. The zero-order valence-corrected chi connectivity index (χ0v) is 11.4. The van der Waals surface area contributed by atoms with Gasteiger partial charge in [0.2, 0.25) is 5.95 Å². The van der Waals surface area contributed by atoms with Crippen molar-refractivity contribution in [1.82, 2.24) is 9.55 Å². The molecule has 0 amide bonds. The highest BCUT2D eigenvalue weighted by Crippen LogP contribution is 2.21. The van der Waals surface area contributed by atoms with E-state index >= 15 is 0 Å². The molecule has 0 aromatic carbocycles. The third-order valence-corrected chi connectivity index (χ3v) is 3.65. The molecule has 0 saturated heterocycles. The Balaban J connectivity index is 1.79. The number of ether oxygens (including phenoxy) is 1. The van der Waals surface area contributed by atoms with Gasteiger partial charge in [-0.05, 0) is 25.7 Å². The molecule has 1 fully saturated rings. The van der Waals surface area contributed by atoms with Crippen molar-refractivity contribution in [3.05, 3.63) is 12.4 Å². The number of nitrogens with zero attached hydrogens (tertiary/aromatic N) is 2. The summed E-state index contributed by atoms with van der Waals surface area (Å²) in [6.45, 7) is 1.87. The van der Waals surface area contributed by atoms with Crippen molar-refractivity contribution in [3.63, 3.8) is 0 Å². The monoisotopic (exact) mass is 251 g/mol. The lowest BCUT2D eigenvalue weighted by Crippen LogP contribution is -2.24. The van der Waals surface area contributed by atoms with E-state index in [2.05, 4.69) is 21.1 Å². The number of nitrogens with one attached hydrogen (secondary N) is 1. The highest BCUT2D eigenvalue weighted by molar-refractivity contribution is 5.27. The van der Waals surface area contributed by atoms with Gasteiger partial charge in [-0.25, -0.2) is 4.98 Å². The smallest absolute Gasteiger partial charge is 0.202 e. The molecule has 0 radical (unpaired) electrons. The van der Waals surface area contributed by atoms with Crippen LogP contribution in [0.2, 0.25) is 0 Å². The Bertz CT molecular complexity index is 332. The van der Waals surface area contributed by atoms with E-state index in [4.69, 9.17) is 4.74 Å². The van der Waals surface area contributed by atoms with Crippen LogP contribution < -0.4 is 5.32 Å². The number of aryl methyl sites for hydroxylation is 1. The third kappa shape index (κ3) is 4.02. The lowest BCUT2D eigenvalue weighted by molar-refractivity contribution is 0.191. The van der Waals surface area contributed by atoms with Crippen LogP contribution in [0.1, 0.15) is 44.9 Å². The highest BCUT2D eigenvalue weighted by Gasteiger charge is 2.14. The van der Waals surface area contributed by atoms with Crippen molar-refractivity contribution < 1.29 is 4.74 Å². The maximum absolute atomic E-state index is 5.07. The lowest BCUT2D eigenvalue weighted by atomic mass is 9.96. The molecule has 0 spiro atoms. The molecule has 1 aromatic heterocycles. The first-order valence-electron chi connectivity index (χ1n) is 7.17. The summed E-state index contributed by atoms with van der Waals surface area (Å²) < 4.78 is 7.30. The van der Waals surface area contributed by atoms with E-state index < -0.39 is 0 Å². The molecule has 1 aliphatic carbocycles. The van der Waals surface area contributed by atoms with Gasteiger partial charge in [-0.15, -0.1) is 0 Å². The molecular formula is C14H25N3O. The number of hydrogen-bond acceptors (Lipinski definition) is 3. The first kappa shape index (κ1) is 13.4. The zero-order chi connectivity index (χ0) is 12.6. The van der Waals surface area contributed by atoms with Crippen LogP contribution in [0.15, 0.2) is 12.4 Å². The fourth-order valence-corrected chi connectivity index (χ4v) is 2.59. The van der Waals surface area contributed by atoms with Crippen molar-refractivity contribution in [3.8, 4) is 0 Å². The van der Waals surface area contributed by atoms with Crippen molar-refractivity contribution in [2.24, 2.45) is 0 Å². The van der Waals surface area contributed by atoms with Gasteiger partial charge >= 0.3 is 0 Å². The second kappa shape index (κ2) is 7.41. The van der Waals surface area contributed by atoms with Gasteiger partial charge in [-0.2, -0.15) is 0 Å². The van der Waals surface area contributed by atoms with Gasteiger partial charge < -0.3 is 14.6 Å². The molecule has 4 nitrogen and oxygen atoms in total. The summed E-state index contributed by atoms with van der Waals surface area (Å²) >= 11 is 0. The number of hydrogen-bond donors (Lipinski definition) is 1. The molecule has 18 heavy (non-hydrogen) atoms. The van der Waals surface area contributed by atoms with Crippen LogP contribution in [0.5, 0.6) is 0 Å². The molecule has 0 atom stereocenters. The van der Waals surface area contributed by atoms with Gasteiger partial charge in [-0.1, -0.05) is 19.3 Å². The Kier molecular flexibility index (Phi) is 5.52. The van der Waals surface area contributed by atoms with Gasteiger partial charge in [0.1, 0.15) is 0 Å². The number of anilines is 1. The van der Waals surface area contributed by atoms with Crippen LogP contribution in [0.4, 0.5) is 5.95 Å². The summed E-state index contributed by atoms with van der Waals surface area (Å²) in [5.74, 6) is 1.04. The van der Waals surface area contributed by atoms with E-state index in [1.807, 2.05) is 6.20 Å². The second-order valence-corrected chi connectivity index (χ2v) is 5.12. The van der Waals surface area contributed by atoms with Gasteiger partial charge in [0.15, 0.2) is 0 Å². The van der Waals surface area contributed by atoms with E-state index in [-0.39, 0.29) is 0 Å². The fourth-order valence-electron chi connectivity index (χ4n) is 2.59. The van der Waals surface area contributed by atoms with Gasteiger partial charge in [0.25, 0.3) is 0 Å². The predicted octanol–water partition coefficient (Wildman–Crippen LogP) is 3.05. The molecule has 0 aliphatic heterocycles. The molecule has 1 aliphatic rings. The Morgan fingerprint density at radius 3 is 2.94 bits per heavy atom. The third-order valence-electron chi connectivity index (χ3n) is 3.65. The number of aromatic nitrogens is 2. The first-order chi connectivity index (χ1) is 8.90. The summed E-state index contributed by atoms with van der Waals surface area (Å²) in [7, 11) is 1.76. The Morgan fingerprint density at radius 2 is 2.17 bits per heavy atom. The van der Waals surface area contributed by atoms with Gasteiger partial charge in [0, 0.05) is 38.7 Å². The zero-order valence-electron chi connectivity index (χ0n) is 11.4. The molecule has 1 heterocycles. The number of imidazole rings is 1. The number of methoxy groups -OCH3 is 1. The maximum Gasteiger partial charge on any atom is 0.202 e. The first-order valence-corrected chi connectivity index (χ1v) is 7.17. The van der Waals surface area contributed by atoms with Crippen LogP contribution in [0.3, 0.4) is 0 Å². The normalized spacial score (nSPS) is 16.9. The summed E-state index contributed by atoms with van der Waals surface area (Å²) in [6, 6.07) is 0.624. The second-order valence-electron chi connectivity index (χ2n) is 5.12. The van der Waals surface area contributed by atoms with Gasteiger partial charge in [0.05, 0.1) is 0 Å². The lowest BCUT2D eigenvalue weighted by Gasteiger charge is -2.23. The fraction of sp³-hybridized carbons (Fsp3) is 0.786. The molecule has 1 N–H and O–H groups in total. The summed E-state index contributed by atoms with van der Waals surface area (Å²) in [5, 5.41) is 3.59. The van der Waals surface area contributed by atoms with Crippen LogP contribution in [0.25, 0.3) is 0 Å². The molecule has 1 aromatic rings. The minimum absolute atomic E-state index is 0.624. The Labute approximate surface area is 110 Å². The summed E-state index contributed by atoms with van der Waals surface area (Å²) in [4.78, 5) is 4.43. The van der Waals surface area contributed by atoms with Gasteiger partial charge in [-0.3, -0.25) is 0 Å². The molecule has 2 rings (SSSR count). The van der Waals surface area contributed by atoms with Crippen LogP contribution in [-0.4, -0.2) is 29.3 Å².